The average Bonchev–Trinajstić information content (AvgIpc) is 2.50. The molecule has 4 heteroatoms. The third-order valence-corrected chi connectivity index (χ3v) is 3.48. The molecule has 0 amide bonds. The van der Waals surface area contributed by atoms with Crippen molar-refractivity contribution in [2.75, 3.05) is 14.1 Å². The molecule has 116 valence electrons. The number of hydrogen-bond donors (Lipinski definition) is 2. The summed E-state index contributed by atoms with van der Waals surface area (Å²) in [5, 5.41) is 15.3. The second-order valence-corrected chi connectivity index (χ2v) is 5.52. The number of hydrogen-bond acceptors (Lipinski definition) is 4. The minimum Gasteiger partial charge on any atom is -0.316 e. The van der Waals surface area contributed by atoms with Crippen molar-refractivity contribution in [3.05, 3.63) is 58.7 Å². The van der Waals surface area contributed by atoms with Gasteiger partial charge in [0.2, 0.25) is 0 Å². The van der Waals surface area contributed by atoms with Crippen molar-refractivity contribution in [2.24, 2.45) is 10.2 Å². The normalized spacial score (nSPS) is 11.3. The smallest absolute Gasteiger partial charge is 0.0904 e. The molecule has 0 aliphatic heterocycles. The summed E-state index contributed by atoms with van der Waals surface area (Å²) < 4.78 is 0. The predicted octanol–water partition coefficient (Wildman–Crippen LogP) is 4.16. The van der Waals surface area contributed by atoms with Gasteiger partial charge in [-0.15, -0.1) is 0 Å². The highest BCUT2D eigenvalue weighted by Crippen LogP contribution is 2.26. The van der Waals surface area contributed by atoms with Crippen molar-refractivity contribution in [3.8, 4) is 0 Å². The Morgan fingerprint density at radius 3 is 1.50 bits per heavy atom. The molecule has 22 heavy (non-hydrogen) atoms. The van der Waals surface area contributed by atoms with Gasteiger partial charge in [0, 0.05) is 13.1 Å². The number of rotatable bonds is 6. The molecule has 0 aliphatic rings. The van der Waals surface area contributed by atoms with Crippen molar-refractivity contribution in [3.63, 3.8) is 0 Å². The molecule has 0 aromatic heterocycles. The van der Waals surface area contributed by atoms with Crippen LogP contribution in [0.15, 0.2) is 46.6 Å². The molecule has 4 nitrogen and oxygen atoms in total. The summed E-state index contributed by atoms with van der Waals surface area (Å²) in [5.74, 6) is 0. The SMILES string of the molecule is CNCc1ccc(C)cc1N=Nc1cc(C)ccc1CNC. The van der Waals surface area contributed by atoms with Crippen LogP contribution < -0.4 is 10.6 Å². The third kappa shape index (κ3) is 4.23. The number of benzene rings is 2. The van der Waals surface area contributed by atoms with E-state index in [1.807, 2.05) is 14.1 Å². The van der Waals surface area contributed by atoms with E-state index in [2.05, 4.69) is 71.1 Å². The molecule has 0 spiro atoms. The number of aryl methyl sites for hydroxylation is 2. The summed E-state index contributed by atoms with van der Waals surface area (Å²) >= 11 is 0. The van der Waals surface area contributed by atoms with Crippen LogP contribution in [0.25, 0.3) is 0 Å². The van der Waals surface area contributed by atoms with E-state index in [9.17, 15) is 0 Å². The van der Waals surface area contributed by atoms with Gasteiger partial charge < -0.3 is 10.6 Å². The number of nitrogens with one attached hydrogen (secondary N) is 2. The molecule has 0 fully saturated rings. The molecule has 0 heterocycles. The Kier molecular flexibility index (Phi) is 5.81. The second-order valence-electron chi connectivity index (χ2n) is 5.52. The zero-order chi connectivity index (χ0) is 15.9. The summed E-state index contributed by atoms with van der Waals surface area (Å²) in [6, 6.07) is 12.6. The highest BCUT2D eigenvalue weighted by Gasteiger charge is 2.04. The first kappa shape index (κ1) is 16.3. The molecular formula is C18H24N4. The van der Waals surface area contributed by atoms with Gasteiger partial charge in [0.25, 0.3) is 0 Å². The molecule has 0 saturated heterocycles. The van der Waals surface area contributed by atoms with Gasteiger partial charge in [0.05, 0.1) is 11.4 Å². The molecule has 2 aromatic carbocycles. The zero-order valence-electron chi connectivity index (χ0n) is 13.8. The van der Waals surface area contributed by atoms with Gasteiger partial charge in [0.15, 0.2) is 0 Å². The molecule has 2 aromatic rings. The summed E-state index contributed by atoms with van der Waals surface area (Å²) in [5.41, 5.74) is 6.53. The van der Waals surface area contributed by atoms with Gasteiger partial charge in [-0.25, -0.2) is 0 Å². The van der Waals surface area contributed by atoms with Gasteiger partial charge in [-0.1, -0.05) is 24.3 Å². The lowest BCUT2D eigenvalue weighted by atomic mass is 10.1. The lowest BCUT2D eigenvalue weighted by Crippen LogP contribution is -2.05. The first-order valence-corrected chi connectivity index (χ1v) is 7.54. The van der Waals surface area contributed by atoms with E-state index >= 15 is 0 Å². The maximum absolute atomic E-state index is 4.50. The van der Waals surface area contributed by atoms with Crippen LogP contribution in [0.4, 0.5) is 11.4 Å². The molecule has 2 N–H and O–H groups in total. The fraction of sp³-hybridized carbons (Fsp3) is 0.333. The molecule has 0 aliphatic carbocycles. The molecule has 0 saturated carbocycles. The van der Waals surface area contributed by atoms with E-state index in [1.165, 1.54) is 11.1 Å². The van der Waals surface area contributed by atoms with Gasteiger partial charge in [-0.3, -0.25) is 0 Å². The fourth-order valence-corrected chi connectivity index (χ4v) is 2.32. The summed E-state index contributed by atoms with van der Waals surface area (Å²) in [6.07, 6.45) is 0. The van der Waals surface area contributed by atoms with E-state index < -0.39 is 0 Å². The van der Waals surface area contributed by atoms with E-state index in [1.54, 1.807) is 0 Å². The number of azo groups is 1. The van der Waals surface area contributed by atoms with Crippen LogP contribution in [-0.2, 0) is 13.1 Å². The summed E-state index contributed by atoms with van der Waals surface area (Å²) in [4.78, 5) is 0. The number of nitrogens with zero attached hydrogens (tertiary/aromatic N) is 2. The topological polar surface area (TPSA) is 48.8 Å². The van der Waals surface area contributed by atoms with Gasteiger partial charge in [0.1, 0.15) is 0 Å². The third-order valence-electron chi connectivity index (χ3n) is 3.48. The van der Waals surface area contributed by atoms with Crippen molar-refractivity contribution in [1.82, 2.24) is 10.6 Å². The minimum atomic E-state index is 0.784. The quantitative estimate of drug-likeness (QED) is 0.786. The molecule has 0 atom stereocenters. The van der Waals surface area contributed by atoms with Crippen LogP contribution >= 0.6 is 0 Å². The predicted molar refractivity (Wildman–Crippen MR) is 92.1 cm³/mol. The van der Waals surface area contributed by atoms with E-state index in [-0.39, 0.29) is 0 Å². The Hall–Kier alpha value is -2.04. The van der Waals surface area contributed by atoms with E-state index in [4.69, 9.17) is 0 Å². The average molecular weight is 296 g/mol. The first-order valence-electron chi connectivity index (χ1n) is 7.54. The fourth-order valence-electron chi connectivity index (χ4n) is 2.32. The van der Waals surface area contributed by atoms with E-state index in [0.717, 1.165) is 35.6 Å². The van der Waals surface area contributed by atoms with Crippen molar-refractivity contribution in [2.45, 2.75) is 26.9 Å². The first-order chi connectivity index (χ1) is 10.6. The Morgan fingerprint density at radius 2 is 1.14 bits per heavy atom. The Bertz CT molecular complexity index is 605. The van der Waals surface area contributed by atoms with Gasteiger partial charge in [-0.05, 0) is 62.3 Å². The Labute approximate surface area is 132 Å². The maximum atomic E-state index is 4.50. The van der Waals surface area contributed by atoms with Gasteiger partial charge in [-0.2, -0.15) is 10.2 Å². The highest BCUT2D eigenvalue weighted by atomic mass is 15.1. The Morgan fingerprint density at radius 1 is 0.727 bits per heavy atom. The van der Waals surface area contributed by atoms with Crippen molar-refractivity contribution >= 4 is 11.4 Å². The van der Waals surface area contributed by atoms with Crippen molar-refractivity contribution < 1.29 is 0 Å². The molecule has 0 radical (unpaired) electrons. The van der Waals surface area contributed by atoms with Crippen LogP contribution in [0.1, 0.15) is 22.3 Å². The molecule has 2 rings (SSSR count). The maximum Gasteiger partial charge on any atom is 0.0904 e. The molecule has 0 unspecified atom stereocenters. The van der Waals surface area contributed by atoms with Crippen molar-refractivity contribution in [1.29, 1.82) is 0 Å². The summed E-state index contributed by atoms with van der Waals surface area (Å²) in [7, 11) is 3.87. The van der Waals surface area contributed by atoms with Crippen LogP contribution in [-0.4, -0.2) is 14.1 Å². The van der Waals surface area contributed by atoms with Crippen LogP contribution in [0.3, 0.4) is 0 Å². The van der Waals surface area contributed by atoms with Gasteiger partial charge >= 0.3 is 0 Å². The zero-order valence-corrected chi connectivity index (χ0v) is 13.8. The largest absolute Gasteiger partial charge is 0.316 e. The monoisotopic (exact) mass is 296 g/mol. The summed E-state index contributed by atoms with van der Waals surface area (Å²) in [6.45, 7) is 5.71. The van der Waals surface area contributed by atoms with Crippen LogP contribution in [0.5, 0.6) is 0 Å². The Balaban J connectivity index is 2.36. The van der Waals surface area contributed by atoms with E-state index in [0.29, 0.717) is 0 Å². The lowest BCUT2D eigenvalue weighted by Gasteiger charge is -2.07. The standard InChI is InChI=1S/C18H24N4/c1-13-5-7-15(11-19-3)17(9-13)21-22-18-10-14(2)6-8-16(18)12-20-4/h5-10,19-20H,11-12H2,1-4H3. The van der Waals surface area contributed by atoms with Crippen LogP contribution in [0, 0.1) is 13.8 Å². The molecular weight excluding hydrogens is 272 g/mol. The van der Waals surface area contributed by atoms with Crippen LogP contribution in [0.2, 0.25) is 0 Å². The second kappa shape index (κ2) is 7.82. The minimum absolute atomic E-state index is 0.784. The molecule has 0 bridgehead atoms. The lowest BCUT2D eigenvalue weighted by molar-refractivity contribution is 0.813. The highest BCUT2D eigenvalue weighted by molar-refractivity contribution is 5.51.